The van der Waals surface area contributed by atoms with Crippen LogP contribution in [0.25, 0.3) is 0 Å². The van der Waals surface area contributed by atoms with Gasteiger partial charge in [0, 0.05) is 11.6 Å². The predicted molar refractivity (Wildman–Crippen MR) is 80.4 cm³/mol. The van der Waals surface area contributed by atoms with Gasteiger partial charge >= 0.3 is 0 Å². The maximum absolute atomic E-state index is 12.1. The number of hydrogen-bond acceptors (Lipinski definition) is 1. The second kappa shape index (κ2) is 6.29. The van der Waals surface area contributed by atoms with Crippen molar-refractivity contribution in [3.8, 4) is 0 Å². The average molecular weight is 315 g/mol. The molecule has 19 heavy (non-hydrogen) atoms. The third kappa shape index (κ3) is 3.41. The van der Waals surface area contributed by atoms with Crippen molar-refractivity contribution < 1.29 is 4.79 Å². The van der Waals surface area contributed by atoms with Crippen molar-refractivity contribution in [2.24, 2.45) is 0 Å². The van der Waals surface area contributed by atoms with Gasteiger partial charge in [-0.15, -0.1) is 11.6 Å². The highest BCUT2D eigenvalue weighted by Gasteiger charge is 2.12. The molecule has 0 aromatic heterocycles. The second-order valence-corrected chi connectivity index (χ2v) is 4.94. The van der Waals surface area contributed by atoms with Gasteiger partial charge in [-0.25, -0.2) is 0 Å². The third-order valence-electron chi connectivity index (χ3n) is 2.54. The minimum absolute atomic E-state index is 0.246. The SMILES string of the molecule is O=C(Nc1cccc(CCl)c1)c1cccc(Cl)c1Cl. The van der Waals surface area contributed by atoms with E-state index >= 15 is 0 Å². The van der Waals surface area contributed by atoms with Crippen LogP contribution >= 0.6 is 34.8 Å². The van der Waals surface area contributed by atoms with Crippen molar-refractivity contribution in [1.82, 2.24) is 0 Å². The molecule has 0 heterocycles. The molecule has 0 saturated heterocycles. The molecule has 1 amide bonds. The summed E-state index contributed by atoms with van der Waals surface area (Å²) in [6.07, 6.45) is 0. The first-order valence-corrected chi connectivity index (χ1v) is 6.81. The molecule has 0 aliphatic carbocycles. The molecule has 5 heteroatoms. The number of alkyl halides is 1. The second-order valence-electron chi connectivity index (χ2n) is 3.89. The fourth-order valence-corrected chi connectivity index (χ4v) is 2.16. The smallest absolute Gasteiger partial charge is 0.257 e. The lowest BCUT2D eigenvalue weighted by Crippen LogP contribution is -2.12. The number of halogens is 3. The Balaban J connectivity index is 2.23. The van der Waals surface area contributed by atoms with E-state index in [-0.39, 0.29) is 10.9 Å². The Morgan fingerprint density at radius 3 is 2.58 bits per heavy atom. The Bertz CT molecular complexity index is 613. The van der Waals surface area contributed by atoms with Crippen LogP contribution in [0, 0.1) is 0 Å². The number of amides is 1. The molecule has 2 nitrogen and oxygen atoms in total. The van der Waals surface area contributed by atoms with Crippen LogP contribution < -0.4 is 5.32 Å². The Morgan fingerprint density at radius 1 is 1.11 bits per heavy atom. The molecular weight excluding hydrogens is 305 g/mol. The highest BCUT2D eigenvalue weighted by atomic mass is 35.5. The molecule has 2 rings (SSSR count). The lowest BCUT2D eigenvalue weighted by Gasteiger charge is -2.08. The highest BCUT2D eigenvalue weighted by Crippen LogP contribution is 2.26. The number of rotatable bonds is 3. The molecule has 0 bridgehead atoms. The van der Waals surface area contributed by atoms with E-state index in [0.29, 0.717) is 22.2 Å². The summed E-state index contributed by atoms with van der Waals surface area (Å²) < 4.78 is 0. The zero-order valence-electron chi connectivity index (χ0n) is 9.79. The minimum atomic E-state index is -0.306. The van der Waals surface area contributed by atoms with E-state index in [1.54, 1.807) is 24.3 Å². The van der Waals surface area contributed by atoms with Gasteiger partial charge in [-0.1, -0.05) is 41.4 Å². The summed E-state index contributed by atoms with van der Waals surface area (Å²) in [6, 6.07) is 12.2. The zero-order chi connectivity index (χ0) is 13.8. The van der Waals surface area contributed by atoms with Crippen LogP contribution in [0.15, 0.2) is 42.5 Å². The zero-order valence-corrected chi connectivity index (χ0v) is 12.1. The number of anilines is 1. The number of hydrogen-bond donors (Lipinski definition) is 1. The van der Waals surface area contributed by atoms with Gasteiger partial charge in [0.05, 0.1) is 15.6 Å². The summed E-state index contributed by atoms with van der Waals surface area (Å²) >= 11 is 17.6. The Kier molecular flexibility index (Phi) is 4.70. The highest BCUT2D eigenvalue weighted by molar-refractivity contribution is 6.44. The normalized spacial score (nSPS) is 10.3. The summed E-state index contributed by atoms with van der Waals surface area (Å²) in [4.78, 5) is 12.1. The van der Waals surface area contributed by atoms with Crippen LogP contribution in [0.5, 0.6) is 0 Å². The Labute approximate surface area is 126 Å². The number of benzene rings is 2. The first-order valence-electron chi connectivity index (χ1n) is 5.52. The van der Waals surface area contributed by atoms with E-state index in [2.05, 4.69) is 5.32 Å². The maximum atomic E-state index is 12.1. The quantitative estimate of drug-likeness (QED) is 0.795. The molecule has 0 aliphatic rings. The summed E-state index contributed by atoms with van der Waals surface area (Å²) in [6.45, 7) is 0. The van der Waals surface area contributed by atoms with E-state index in [4.69, 9.17) is 34.8 Å². The van der Waals surface area contributed by atoms with Crippen LogP contribution in [0.2, 0.25) is 10.0 Å². The van der Waals surface area contributed by atoms with E-state index in [1.165, 1.54) is 0 Å². The summed E-state index contributed by atoms with van der Waals surface area (Å²) in [7, 11) is 0. The minimum Gasteiger partial charge on any atom is -0.322 e. The molecule has 98 valence electrons. The monoisotopic (exact) mass is 313 g/mol. The fraction of sp³-hybridized carbons (Fsp3) is 0.0714. The van der Waals surface area contributed by atoms with Gasteiger partial charge in [0.25, 0.3) is 5.91 Å². The standard InChI is InChI=1S/C14H10Cl3NO/c15-8-9-3-1-4-10(7-9)18-14(19)11-5-2-6-12(16)13(11)17/h1-7H,8H2,(H,18,19). The topological polar surface area (TPSA) is 29.1 Å². The van der Waals surface area contributed by atoms with Crippen molar-refractivity contribution in [2.45, 2.75) is 5.88 Å². The van der Waals surface area contributed by atoms with Gasteiger partial charge in [-0.3, -0.25) is 4.79 Å². The molecule has 0 atom stereocenters. The van der Waals surface area contributed by atoms with Crippen molar-refractivity contribution >= 4 is 46.4 Å². The molecule has 2 aromatic rings. The molecule has 0 unspecified atom stereocenters. The average Bonchev–Trinajstić information content (AvgIpc) is 2.42. The van der Waals surface area contributed by atoms with Crippen LogP contribution in [-0.4, -0.2) is 5.91 Å². The van der Waals surface area contributed by atoms with Gasteiger partial charge in [0.2, 0.25) is 0 Å². The molecule has 0 saturated carbocycles. The van der Waals surface area contributed by atoms with Gasteiger partial charge in [0.15, 0.2) is 0 Å². The lowest BCUT2D eigenvalue weighted by atomic mass is 10.2. The molecule has 0 spiro atoms. The van der Waals surface area contributed by atoms with Crippen LogP contribution in [0.3, 0.4) is 0 Å². The molecule has 0 fully saturated rings. The van der Waals surface area contributed by atoms with Crippen molar-refractivity contribution in [1.29, 1.82) is 0 Å². The Morgan fingerprint density at radius 2 is 1.84 bits per heavy atom. The molecular formula is C14H10Cl3NO. The first kappa shape index (κ1) is 14.2. The molecule has 1 N–H and O–H groups in total. The Hall–Kier alpha value is -1.22. The van der Waals surface area contributed by atoms with Crippen molar-refractivity contribution in [3.05, 3.63) is 63.6 Å². The van der Waals surface area contributed by atoms with Gasteiger partial charge in [0.1, 0.15) is 0 Å². The van der Waals surface area contributed by atoms with E-state index in [0.717, 1.165) is 5.56 Å². The van der Waals surface area contributed by atoms with Crippen LogP contribution in [-0.2, 0) is 5.88 Å². The summed E-state index contributed by atoms with van der Waals surface area (Å²) in [5, 5.41) is 3.36. The van der Waals surface area contributed by atoms with Crippen LogP contribution in [0.4, 0.5) is 5.69 Å². The van der Waals surface area contributed by atoms with Crippen molar-refractivity contribution in [2.75, 3.05) is 5.32 Å². The summed E-state index contributed by atoms with van der Waals surface area (Å²) in [5.41, 5.74) is 1.93. The van der Waals surface area contributed by atoms with Crippen molar-refractivity contribution in [3.63, 3.8) is 0 Å². The van der Waals surface area contributed by atoms with E-state index in [9.17, 15) is 4.79 Å². The van der Waals surface area contributed by atoms with Gasteiger partial charge in [-0.2, -0.15) is 0 Å². The molecule has 0 radical (unpaired) electrons. The predicted octanol–water partition coefficient (Wildman–Crippen LogP) is 4.98. The van der Waals surface area contributed by atoms with E-state index < -0.39 is 0 Å². The fourth-order valence-electron chi connectivity index (χ4n) is 1.61. The maximum Gasteiger partial charge on any atom is 0.257 e. The molecule has 0 aliphatic heterocycles. The number of carbonyl (C=O) groups excluding carboxylic acids is 1. The van der Waals surface area contributed by atoms with Crippen LogP contribution in [0.1, 0.15) is 15.9 Å². The number of nitrogens with one attached hydrogen (secondary N) is 1. The lowest BCUT2D eigenvalue weighted by molar-refractivity contribution is 0.102. The first-order chi connectivity index (χ1) is 9.11. The summed E-state index contributed by atoms with van der Waals surface area (Å²) in [5.74, 6) is 0.0842. The third-order valence-corrected chi connectivity index (χ3v) is 3.66. The largest absolute Gasteiger partial charge is 0.322 e. The van der Waals surface area contributed by atoms with Gasteiger partial charge in [-0.05, 0) is 29.8 Å². The van der Waals surface area contributed by atoms with E-state index in [1.807, 2.05) is 18.2 Å². The molecule has 2 aromatic carbocycles. The van der Waals surface area contributed by atoms with Gasteiger partial charge < -0.3 is 5.32 Å². The number of carbonyl (C=O) groups is 1.